The van der Waals surface area contributed by atoms with Crippen LogP contribution in [0.4, 0.5) is 0 Å². The van der Waals surface area contributed by atoms with Gasteiger partial charge in [-0.1, -0.05) is 5.92 Å². The largest absolute Gasteiger partial charge is 0.252 e. The SMILES string of the molecule is [SiH3]C#Cc1cncs1. The first-order valence-corrected chi connectivity index (χ1v) is 4.12. The molecule has 1 aromatic heterocycles. The lowest BCUT2D eigenvalue weighted by molar-refractivity contribution is 1.42. The first kappa shape index (κ1) is 5.54. The summed E-state index contributed by atoms with van der Waals surface area (Å²) in [6, 6.07) is 0. The Balaban J connectivity index is 2.88. The molecule has 0 radical (unpaired) electrons. The third-order valence-electron chi connectivity index (χ3n) is 0.681. The summed E-state index contributed by atoms with van der Waals surface area (Å²) in [4.78, 5) is 4.94. The highest BCUT2D eigenvalue weighted by atomic mass is 32.1. The number of nitrogens with zero attached hydrogens (tertiary/aromatic N) is 1. The Kier molecular flexibility index (Phi) is 1.84. The molecule has 0 unspecified atom stereocenters. The molecule has 0 spiro atoms. The molecule has 1 nitrogen and oxygen atoms in total. The molecule has 0 bridgehead atoms. The maximum absolute atomic E-state index is 3.87. The molecule has 0 aliphatic rings. The number of hydrogen-bond acceptors (Lipinski definition) is 2. The Bertz CT molecular complexity index is 206. The first-order valence-electron chi connectivity index (χ1n) is 2.24. The van der Waals surface area contributed by atoms with Crippen LogP contribution < -0.4 is 0 Å². The zero-order valence-electron chi connectivity index (χ0n) is 4.51. The predicted molar refractivity (Wildman–Crippen MR) is 38.9 cm³/mol. The van der Waals surface area contributed by atoms with Crippen LogP contribution in [0.15, 0.2) is 11.7 Å². The quantitative estimate of drug-likeness (QED) is 0.359. The van der Waals surface area contributed by atoms with Gasteiger partial charge in [0.15, 0.2) is 0 Å². The van der Waals surface area contributed by atoms with Crippen LogP contribution >= 0.6 is 11.3 Å². The van der Waals surface area contributed by atoms with Gasteiger partial charge in [0, 0.05) is 0 Å². The van der Waals surface area contributed by atoms with Crippen molar-refractivity contribution in [2.24, 2.45) is 0 Å². The highest BCUT2D eigenvalue weighted by Gasteiger charge is 1.81. The smallest absolute Gasteiger partial charge is 0.0960 e. The van der Waals surface area contributed by atoms with E-state index >= 15 is 0 Å². The monoisotopic (exact) mass is 139 g/mol. The van der Waals surface area contributed by atoms with E-state index in [1.165, 1.54) is 0 Å². The van der Waals surface area contributed by atoms with Crippen LogP contribution in [0.25, 0.3) is 0 Å². The Morgan fingerprint density at radius 2 is 2.62 bits per heavy atom. The van der Waals surface area contributed by atoms with Gasteiger partial charge in [0.25, 0.3) is 0 Å². The van der Waals surface area contributed by atoms with Gasteiger partial charge in [-0.05, 0) is 0 Å². The van der Waals surface area contributed by atoms with Crippen LogP contribution in [0.1, 0.15) is 4.88 Å². The van der Waals surface area contributed by atoms with Gasteiger partial charge in [-0.25, -0.2) is 0 Å². The van der Waals surface area contributed by atoms with E-state index in [0.29, 0.717) is 0 Å². The van der Waals surface area contributed by atoms with Gasteiger partial charge in [0.05, 0.1) is 26.8 Å². The van der Waals surface area contributed by atoms with E-state index in [1.54, 1.807) is 23.0 Å². The summed E-state index contributed by atoms with van der Waals surface area (Å²) in [5.41, 5.74) is 4.72. The highest BCUT2D eigenvalue weighted by Crippen LogP contribution is 2.00. The van der Waals surface area contributed by atoms with E-state index in [1.807, 2.05) is 0 Å². The van der Waals surface area contributed by atoms with Gasteiger partial charge in [0.2, 0.25) is 0 Å². The highest BCUT2D eigenvalue weighted by molar-refractivity contribution is 7.10. The summed E-state index contributed by atoms with van der Waals surface area (Å²) in [6.07, 6.45) is 1.79. The maximum atomic E-state index is 3.87. The molecule has 0 aromatic carbocycles. The zero-order valence-corrected chi connectivity index (χ0v) is 7.33. The van der Waals surface area contributed by atoms with E-state index in [0.717, 1.165) is 15.1 Å². The van der Waals surface area contributed by atoms with E-state index in [4.69, 9.17) is 0 Å². The minimum absolute atomic E-state index is 0.953. The molecule has 0 aliphatic heterocycles. The molecule has 0 saturated carbocycles. The summed E-state index contributed by atoms with van der Waals surface area (Å²) in [6.45, 7) is 0. The zero-order chi connectivity index (χ0) is 5.82. The Hall–Kier alpha value is -0.593. The molecule has 0 saturated heterocycles. The van der Waals surface area contributed by atoms with Crippen molar-refractivity contribution in [1.29, 1.82) is 0 Å². The van der Waals surface area contributed by atoms with Crippen LogP contribution in [0, 0.1) is 11.5 Å². The fourth-order valence-electron chi connectivity index (χ4n) is 0.401. The molecule has 0 fully saturated rings. The van der Waals surface area contributed by atoms with Crippen molar-refractivity contribution in [3.05, 3.63) is 16.6 Å². The standard InChI is InChI=1S/C5H5NSSi/c8-2-1-5-3-6-4-7-5/h3-4H,8H3. The van der Waals surface area contributed by atoms with Gasteiger partial charge >= 0.3 is 0 Å². The normalized spacial score (nSPS) is 8.00. The molecular weight excluding hydrogens is 134 g/mol. The van der Waals surface area contributed by atoms with Crippen LogP contribution in [0.3, 0.4) is 0 Å². The molecule has 0 atom stereocenters. The number of thiazole rings is 1. The Labute approximate surface area is 55.2 Å². The van der Waals surface area contributed by atoms with E-state index in [2.05, 4.69) is 16.4 Å². The lowest BCUT2D eigenvalue weighted by Gasteiger charge is -1.67. The molecule has 1 heterocycles. The average molecular weight is 139 g/mol. The van der Waals surface area contributed by atoms with Crippen molar-refractivity contribution < 1.29 is 0 Å². The molecule has 0 amide bonds. The average Bonchev–Trinajstić information content (AvgIpc) is 2.19. The lowest BCUT2D eigenvalue weighted by atomic mass is 10.6. The second-order valence-corrected chi connectivity index (χ2v) is 2.63. The van der Waals surface area contributed by atoms with Gasteiger partial charge in [-0.15, -0.1) is 16.9 Å². The topological polar surface area (TPSA) is 12.9 Å². The van der Waals surface area contributed by atoms with Crippen molar-refractivity contribution in [2.45, 2.75) is 0 Å². The molecule has 8 heavy (non-hydrogen) atoms. The van der Waals surface area contributed by atoms with Gasteiger partial charge in [0.1, 0.15) is 0 Å². The van der Waals surface area contributed by atoms with Crippen molar-refractivity contribution in [1.82, 2.24) is 4.98 Å². The number of aromatic nitrogens is 1. The van der Waals surface area contributed by atoms with Crippen molar-refractivity contribution in [3.63, 3.8) is 0 Å². The van der Waals surface area contributed by atoms with Crippen molar-refractivity contribution >= 4 is 21.6 Å². The summed E-state index contributed by atoms with van der Waals surface area (Å²) >= 11 is 1.58. The van der Waals surface area contributed by atoms with Gasteiger partial charge in [-0.2, -0.15) is 0 Å². The number of rotatable bonds is 0. The second-order valence-electron chi connectivity index (χ2n) is 1.24. The Morgan fingerprint density at radius 1 is 1.75 bits per heavy atom. The summed E-state index contributed by atoms with van der Waals surface area (Å²) in [7, 11) is 0.953. The van der Waals surface area contributed by atoms with Crippen LogP contribution in [-0.4, -0.2) is 15.2 Å². The third kappa shape index (κ3) is 1.19. The molecule has 40 valence electrons. The predicted octanol–water partition coefficient (Wildman–Crippen LogP) is -0.183. The van der Waals surface area contributed by atoms with Crippen LogP contribution in [0.2, 0.25) is 0 Å². The molecule has 1 rings (SSSR count). The summed E-state index contributed by atoms with van der Waals surface area (Å²) in [5, 5.41) is 0. The van der Waals surface area contributed by atoms with Crippen LogP contribution in [0.5, 0.6) is 0 Å². The van der Waals surface area contributed by atoms with Gasteiger partial charge < -0.3 is 0 Å². The summed E-state index contributed by atoms with van der Waals surface area (Å²) in [5.74, 6) is 2.96. The van der Waals surface area contributed by atoms with Crippen molar-refractivity contribution in [2.75, 3.05) is 0 Å². The van der Waals surface area contributed by atoms with Crippen LogP contribution in [-0.2, 0) is 0 Å². The minimum atomic E-state index is 0.953. The Morgan fingerprint density at radius 3 is 3.12 bits per heavy atom. The fourth-order valence-corrected chi connectivity index (χ4v) is 1.37. The van der Waals surface area contributed by atoms with Gasteiger partial charge in [-0.3, -0.25) is 4.98 Å². The third-order valence-corrected chi connectivity index (χ3v) is 1.62. The summed E-state index contributed by atoms with van der Waals surface area (Å²) < 4.78 is 0. The van der Waals surface area contributed by atoms with Crippen molar-refractivity contribution in [3.8, 4) is 11.5 Å². The first-order chi connectivity index (χ1) is 3.93. The second kappa shape index (κ2) is 2.65. The maximum Gasteiger partial charge on any atom is 0.0960 e. The minimum Gasteiger partial charge on any atom is -0.252 e. The van der Waals surface area contributed by atoms with E-state index in [-0.39, 0.29) is 0 Å². The van der Waals surface area contributed by atoms with E-state index in [9.17, 15) is 0 Å². The number of hydrogen-bond donors (Lipinski definition) is 0. The molecule has 0 aliphatic carbocycles. The molecular formula is C5H5NSSi. The molecule has 3 heteroatoms. The van der Waals surface area contributed by atoms with E-state index < -0.39 is 0 Å². The lowest BCUT2D eigenvalue weighted by Crippen LogP contribution is -1.59. The molecule has 1 aromatic rings. The molecule has 0 N–H and O–H groups in total. The fraction of sp³-hybridized carbons (Fsp3) is 0.